The number of nitrogens with zero attached hydrogens (tertiary/aromatic N) is 2. The smallest absolute Gasteiger partial charge is 0.240 e. The van der Waals surface area contributed by atoms with Gasteiger partial charge in [-0.2, -0.15) is 0 Å². The van der Waals surface area contributed by atoms with E-state index < -0.39 is 0 Å². The van der Waals surface area contributed by atoms with E-state index in [1.807, 2.05) is 12.1 Å². The molecule has 1 saturated carbocycles. The molecule has 1 fully saturated rings. The molecule has 27 heavy (non-hydrogen) atoms. The van der Waals surface area contributed by atoms with Crippen LogP contribution in [-0.4, -0.2) is 41.6 Å². The average molecular weight is 364 g/mol. The summed E-state index contributed by atoms with van der Waals surface area (Å²) in [5.41, 5.74) is 2.24. The molecule has 1 N–H and O–H groups in total. The van der Waals surface area contributed by atoms with Gasteiger partial charge in [-0.1, -0.05) is 55.7 Å². The van der Waals surface area contributed by atoms with Gasteiger partial charge in [0.25, 0.3) is 0 Å². The minimum absolute atomic E-state index is 0.0820. The minimum atomic E-state index is 0.0820. The maximum Gasteiger partial charge on any atom is 0.240 e. The molecule has 1 aromatic heterocycles. The highest BCUT2D eigenvalue weighted by Crippen LogP contribution is 2.28. The molecule has 1 amide bonds. The third-order valence-electron chi connectivity index (χ3n) is 5.97. The first-order valence-corrected chi connectivity index (χ1v) is 10.2. The predicted octanol–water partition coefficient (Wildman–Crippen LogP) is 4.18. The molecule has 3 aromatic rings. The van der Waals surface area contributed by atoms with Crippen LogP contribution in [0.25, 0.3) is 21.8 Å². The Morgan fingerprint density at radius 2 is 1.59 bits per heavy atom. The van der Waals surface area contributed by atoms with Crippen molar-refractivity contribution in [1.29, 1.82) is 0 Å². The van der Waals surface area contributed by atoms with Crippen LogP contribution in [0, 0.1) is 0 Å². The third-order valence-corrected chi connectivity index (χ3v) is 5.97. The van der Waals surface area contributed by atoms with Crippen molar-refractivity contribution in [3.05, 3.63) is 48.5 Å². The fourth-order valence-electron chi connectivity index (χ4n) is 4.45. The van der Waals surface area contributed by atoms with Crippen molar-refractivity contribution >= 4 is 27.7 Å². The molecule has 2 aromatic carbocycles. The van der Waals surface area contributed by atoms with Crippen LogP contribution < -0.4 is 5.32 Å². The number of likely N-dealkylation sites (N-methyl/N-ethyl adjacent to an activating group) is 1. The van der Waals surface area contributed by atoms with Crippen molar-refractivity contribution in [2.24, 2.45) is 0 Å². The zero-order chi connectivity index (χ0) is 18.6. The van der Waals surface area contributed by atoms with Gasteiger partial charge in [-0.3, -0.25) is 4.79 Å². The Hall–Kier alpha value is -2.33. The summed E-state index contributed by atoms with van der Waals surface area (Å²) in [6.07, 6.45) is 6.65. The highest BCUT2D eigenvalue weighted by Gasteiger charge is 2.18. The third kappa shape index (κ3) is 3.86. The standard InChI is InChI=1S/C23H29N3O/c1-25(18-9-3-2-4-10-18)16-15-24-23(27)17-26-21-13-7-5-11-19(21)20-12-6-8-14-22(20)26/h5-8,11-14,18H,2-4,9-10,15-17H2,1H3,(H,24,27). The summed E-state index contributed by atoms with van der Waals surface area (Å²) in [7, 11) is 2.19. The Morgan fingerprint density at radius 3 is 2.22 bits per heavy atom. The number of benzene rings is 2. The SMILES string of the molecule is CN(CCNC(=O)Cn1c2ccccc2c2ccccc21)C1CCCCC1. The van der Waals surface area contributed by atoms with Crippen LogP contribution in [0.2, 0.25) is 0 Å². The van der Waals surface area contributed by atoms with Crippen molar-refractivity contribution < 1.29 is 4.79 Å². The van der Waals surface area contributed by atoms with Gasteiger partial charge >= 0.3 is 0 Å². The first-order chi connectivity index (χ1) is 13.2. The van der Waals surface area contributed by atoms with E-state index >= 15 is 0 Å². The lowest BCUT2D eigenvalue weighted by Crippen LogP contribution is -2.40. The number of para-hydroxylation sites is 2. The van der Waals surface area contributed by atoms with E-state index in [0.29, 0.717) is 19.1 Å². The second kappa shape index (κ2) is 8.13. The molecule has 1 heterocycles. The lowest BCUT2D eigenvalue weighted by atomic mass is 9.94. The van der Waals surface area contributed by atoms with E-state index in [2.05, 4.69) is 58.2 Å². The molecule has 1 aliphatic carbocycles. The highest BCUT2D eigenvalue weighted by atomic mass is 16.1. The fraction of sp³-hybridized carbons (Fsp3) is 0.435. The number of nitrogens with one attached hydrogen (secondary N) is 1. The van der Waals surface area contributed by atoms with Gasteiger partial charge in [0.15, 0.2) is 0 Å². The molecule has 0 spiro atoms. The second-order valence-corrected chi connectivity index (χ2v) is 7.74. The van der Waals surface area contributed by atoms with Crippen LogP contribution in [0.5, 0.6) is 0 Å². The van der Waals surface area contributed by atoms with Crippen molar-refractivity contribution in [2.75, 3.05) is 20.1 Å². The Labute approximate surface area is 161 Å². The first-order valence-electron chi connectivity index (χ1n) is 10.2. The lowest BCUT2D eigenvalue weighted by Gasteiger charge is -2.31. The molecule has 0 aliphatic heterocycles. The predicted molar refractivity (Wildman–Crippen MR) is 112 cm³/mol. The summed E-state index contributed by atoms with van der Waals surface area (Å²) < 4.78 is 2.13. The van der Waals surface area contributed by atoms with Crippen LogP contribution in [0.1, 0.15) is 32.1 Å². The van der Waals surface area contributed by atoms with Crippen LogP contribution in [0.3, 0.4) is 0 Å². The number of carbonyl (C=O) groups is 1. The first kappa shape index (κ1) is 18.1. The molecule has 0 atom stereocenters. The Balaban J connectivity index is 1.40. The van der Waals surface area contributed by atoms with Crippen LogP contribution in [0.4, 0.5) is 0 Å². The summed E-state index contributed by atoms with van der Waals surface area (Å²) >= 11 is 0. The summed E-state index contributed by atoms with van der Waals surface area (Å²) in [4.78, 5) is 15.0. The van der Waals surface area contributed by atoms with E-state index in [9.17, 15) is 4.79 Å². The lowest BCUT2D eigenvalue weighted by molar-refractivity contribution is -0.121. The normalized spacial score (nSPS) is 15.6. The van der Waals surface area contributed by atoms with Crippen LogP contribution >= 0.6 is 0 Å². The van der Waals surface area contributed by atoms with Crippen LogP contribution in [-0.2, 0) is 11.3 Å². The van der Waals surface area contributed by atoms with Gasteiger partial charge in [-0.15, -0.1) is 0 Å². The number of fused-ring (bicyclic) bond motifs is 3. The molecule has 4 nitrogen and oxygen atoms in total. The molecule has 0 saturated heterocycles. The van der Waals surface area contributed by atoms with Crippen molar-refractivity contribution in [1.82, 2.24) is 14.8 Å². The molecule has 4 rings (SSSR count). The van der Waals surface area contributed by atoms with Gasteiger partial charge in [-0.25, -0.2) is 0 Å². The molecule has 4 heteroatoms. The van der Waals surface area contributed by atoms with Gasteiger partial charge < -0.3 is 14.8 Å². The number of carbonyl (C=O) groups excluding carboxylic acids is 1. The molecular formula is C23H29N3O. The van der Waals surface area contributed by atoms with Crippen LogP contribution in [0.15, 0.2) is 48.5 Å². The summed E-state index contributed by atoms with van der Waals surface area (Å²) in [6.45, 7) is 1.99. The van der Waals surface area contributed by atoms with E-state index in [1.54, 1.807) is 0 Å². The maximum absolute atomic E-state index is 12.6. The van der Waals surface area contributed by atoms with Gasteiger partial charge in [0.1, 0.15) is 6.54 Å². The Morgan fingerprint density at radius 1 is 1.00 bits per heavy atom. The van der Waals surface area contributed by atoms with Gasteiger partial charge in [0.2, 0.25) is 5.91 Å². The summed E-state index contributed by atoms with van der Waals surface area (Å²) in [5.74, 6) is 0.0820. The van der Waals surface area contributed by atoms with E-state index in [-0.39, 0.29) is 5.91 Å². The van der Waals surface area contributed by atoms with Gasteiger partial charge in [0.05, 0.1) is 0 Å². The van der Waals surface area contributed by atoms with E-state index in [1.165, 1.54) is 42.9 Å². The number of rotatable bonds is 6. The average Bonchev–Trinajstić information content (AvgIpc) is 3.03. The fourth-order valence-corrected chi connectivity index (χ4v) is 4.45. The van der Waals surface area contributed by atoms with Gasteiger partial charge in [-0.05, 0) is 32.0 Å². The monoisotopic (exact) mass is 363 g/mol. The van der Waals surface area contributed by atoms with E-state index in [4.69, 9.17) is 0 Å². The van der Waals surface area contributed by atoms with Crippen molar-refractivity contribution in [3.8, 4) is 0 Å². The number of aromatic nitrogens is 1. The Kier molecular flexibility index (Phi) is 5.44. The quantitative estimate of drug-likeness (QED) is 0.713. The topological polar surface area (TPSA) is 37.3 Å². The van der Waals surface area contributed by atoms with Crippen molar-refractivity contribution in [2.45, 2.75) is 44.7 Å². The van der Waals surface area contributed by atoms with Crippen molar-refractivity contribution in [3.63, 3.8) is 0 Å². The Bertz CT molecular complexity index is 870. The molecule has 0 radical (unpaired) electrons. The largest absolute Gasteiger partial charge is 0.353 e. The summed E-state index contributed by atoms with van der Waals surface area (Å²) in [6, 6.07) is 17.3. The number of amides is 1. The zero-order valence-electron chi connectivity index (χ0n) is 16.2. The van der Waals surface area contributed by atoms with Gasteiger partial charge in [0, 0.05) is 40.9 Å². The maximum atomic E-state index is 12.6. The molecule has 0 unspecified atom stereocenters. The zero-order valence-corrected chi connectivity index (χ0v) is 16.2. The number of hydrogen-bond donors (Lipinski definition) is 1. The molecular weight excluding hydrogens is 334 g/mol. The molecule has 0 bridgehead atoms. The number of hydrogen-bond acceptors (Lipinski definition) is 2. The molecule has 142 valence electrons. The highest BCUT2D eigenvalue weighted by molar-refractivity contribution is 6.08. The minimum Gasteiger partial charge on any atom is -0.353 e. The summed E-state index contributed by atoms with van der Waals surface area (Å²) in [5, 5.41) is 5.53. The van der Waals surface area contributed by atoms with E-state index in [0.717, 1.165) is 17.6 Å². The second-order valence-electron chi connectivity index (χ2n) is 7.74. The molecule has 1 aliphatic rings.